The molecule has 0 radical (unpaired) electrons. The Bertz CT molecular complexity index is 307. The summed E-state index contributed by atoms with van der Waals surface area (Å²) in [4.78, 5) is 6.11. The fraction of sp³-hybridized carbons (Fsp3) is 0.444. The number of rotatable bonds is 1. The van der Waals surface area contributed by atoms with Crippen LogP contribution in [0.5, 0.6) is 0 Å². The van der Waals surface area contributed by atoms with Crippen molar-refractivity contribution >= 4 is 28.4 Å². The number of aliphatic hydroxyl groups is 2. The highest BCUT2D eigenvalue weighted by Crippen LogP contribution is 2.18. The Hall–Kier alpha value is -0.400. The molecule has 76 valence electrons. The van der Waals surface area contributed by atoms with Gasteiger partial charge in [-0.15, -0.1) is 0 Å². The number of aromatic nitrogens is 1. The van der Waals surface area contributed by atoms with E-state index in [2.05, 4.69) is 27.6 Å². The SMILES string of the molecule is OC1CN(c2ccc(I)cn2)CC1O. The monoisotopic (exact) mass is 306 g/mol. The van der Waals surface area contributed by atoms with Gasteiger partial charge < -0.3 is 15.1 Å². The average Bonchev–Trinajstić information content (AvgIpc) is 2.48. The van der Waals surface area contributed by atoms with Crippen molar-refractivity contribution in [2.45, 2.75) is 12.2 Å². The first-order chi connectivity index (χ1) is 6.66. The Morgan fingerprint density at radius 3 is 2.43 bits per heavy atom. The number of nitrogens with zero attached hydrogens (tertiary/aromatic N) is 2. The molecular weight excluding hydrogens is 295 g/mol. The maximum atomic E-state index is 9.36. The minimum Gasteiger partial charge on any atom is -0.389 e. The van der Waals surface area contributed by atoms with Gasteiger partial charge in [0.05, 0.1) is 12.2 Å². The van der Waals surface area contributed by atoms with E-state index in [1.54, 1.807) is 6.20 Å². The van der Waals surface area contributed by atoms with Crippen LogP contribution in [0.3, 0.4) is 0 Å². The molecule has 1 aromatic heterocycles. The van der Waals surface area contributed by atoms with Crippen LogP contribution in [0.4, 0.5) is 5.82 Å². The lowest BCUT2D eigenvalue weighted by Gasteiger charge is -2.15. The van der Waals surface area contributed by atoms with Crippen molar-refractivity contribution in [1.29, 1.82) is 0 Å². The van der Waals surface area contributed by atoms with Gasteiger partial charge in [0.1, 0.15) is 5.82 Å². The van der Waals surface area contributed by atoms with Crippen molar-refractivity contribution in [2.75, 3.05) is 18.0 Å². The van der Waals surface area contributed by atoms with Crippen LogP contribution >= 0.6 is 22.6 Å². The molecule has 1 aromatic rings. The van der Waals surface area contributed by atoms with Crippen LogP contribution in [0.2, 0.25) is 0 Å². The smallest absolute Gasteiger partial charge is 0.128 e. The lowest BCUT2D eigenvalue weighted by Crippen LogP contribution is -2.22. The van der Waals surface area contributed by atoms with Crippen molar-refractivity contribution < 1.29 is 10.2 Å². The summed E-state index contributed by atoms with van der Waals surface area (Å²) in [7, 11) is 0. The van der Waals surface area contributed by atoms with E-state index in [4.69, 9.17) is 0 Å². The van der Waals surface area contributed by atoms with Gasteiger partial charge in [0.15, 0.2) is 0 Å². The Morgan fingerprint density at radius 1 is 1.29 bits per heavy atom. The molecular formula is C9H11IN2O2. The second-order valence-electron chi connectivity index (χ2n) is 3.37. The fourth-order valence-corrected chi connectivity index (χ4v) is 1.83. The number of halogens is 1. The van der Waals surface area contributed by atoms with Gasteiger partial charge in [-0.2, -0.15) is 0 Å². The predicted molar refractivity (Wildman–Crippen MR) is 61.2 cm³/mol. The first kappa shape index (κ1) is 10.1. The minimum absolute atomic E-state index is 0.453. The van der Waals surface area contributed by atoms with Crippen LogP contribution in [0.15, 0.2) is 18.3 Å². The third kappa shape index (κ3) is 1.99. The molecule has 0 aromatic carbocycles. The summed E-state index contributed by atoms with van der Waals surface area (Å²) in [6, 6.07) is 3.85. The van der Waals surface area contributed by atoms with E-state index in [1.807, 2.05) is 17.0 Å². The summed E-state index contributed by atoms with van der Waals surface area (Å²) in [5, 5.41) is 18.7. The van der Waals surface area contributed by atoms with Crippen LogP contribution in [0.1, 0.15) is 0 Å². The number of anilines is 1. The fourth-order valence-electron chi connectivity index (χ4n) is 1.51. The molecule has 2 unspecified atom stereocenters. The molecule has 14 heavy (non-hydrogen) atoms. The molecule has 0 spiro atoms. The van der Waals surface area contributed by atoms with E-state index in [9.17, 15) is 10.2 Å². The molecule has 0 saturated carbocycles. The summed E-state index contributed by atoms with van der Waals surface area (Å²) < 4.78 is 1.08. The summed E-state index contributed by atoms with van der Waals surface area (Å²) in [5.41, 5.74) is 0. The molecule has 1 fully saturated rings. The maximum Gasteiger partial charge on any atom is 0.128 e. The quantitative estimate of drug-likeness (QED) is 0.729. The number of pyridine rings is 1. The van der Waals surface area contributed by atoms with Crippen molar-refractivity contribution in [3.63, 3.8) is 0 Å². The van der Waals surface area contributed by atoms with Crippen LogP contribution in [0.25, 0.3) is 0 Å². The van der Waals surface area contributed by atoms with Gasteiger partial charge in [0.25, 0.3) is 0 Å². The molecule has 0 aliphatic carbocycles. The lowest BCUT2D eigenvalue weighted by molar-refractivity contribution is 0.0572. The van der Waals surface area contributed by atoms with Crippen molar-refractivity contribution in [2.24, 2.45) is 0 Å². The van der Waals surface area contributed by atoms with Gasteiger partial charge in [0.2, 0.25) is 0 Å². The summed E-state index contributed by atoms with van der Waals surface area (Å²) in [6.45, 7) is 0.906. The molecule has 2 heterocycles. The average molecular weight is 306 g/mol. The number of hydrogen-bond acceptors (Lipinski definition) is 4. The zero-order valence-electron chi connectivity index (χ0n) is 7.47. The van der Waals surface area contributed by atoms with Crippen molar-refractivity contribution in [3.8, 4) is 0 Å². The van der Waals surface area contributed by atoms with Gasteiger partial charge in [-0.05, 0) is 34.7 Å². The topological polar surface area (TPSA) is 56.6 Å². The van der Waals surface area contributed by atoms with Crippen molar-refractivity contribution in [1.82, 2.24) is 4.98 Å². The first-order valence-electron chi connectivity index (χ1n) is 4.39. The van der Waals surface area contributed by atoms with Crippen molar-refractivity contribution in [3.05, 3.63) is 21.9 Å². The third-order valence-corrected chi connectivity index (χ3v) is 2.93. The number of hydrogen-bond donors (Lipinski definition) is 2. The third-order valence-electron chi connectivity index (χ3n) is 2.29. The normalized spacial score (nSPS) is 26.9. The highest BCUT2D eigenvalue weighted by atomic mass is 127. The lowest BCUT2D eigenvalue weighted by atomic mass is 10.3. The summed E-state index contributed by atoms with van der Waals surface area (Å²) >= 11 is 2.19. The standard InChI is InChI=1S/C9H11IN2O2/c10-6-1-2-9(11-3-6)12-4-7(13)8(14)5-12/h1-3,7-8,13-14H,4-5H2. The molecule has 2 rings (SSSR count). The number of aliphatic hydroxyl groups excluding tert-OH is 2. The molecule has 0 bridgehead atoms. The zero-order valence-corrected chi connectivity index (χ0v) is 9.63. The van der Waals surface area contributed by atoms with Gasteiger partial charge in [0, 0.05) is 22.9 Å². The molecule has 2 N–H and O–H groups in total. The molecule has 1 aliphatic rings. The maximum absolute atomic E-state index is 9.36. The Morgan fingerprint density at radius 2 is 1.93 bits per heavy atom. The largest absolute Gasteiger partial charge is 0.389 e. The van der Waals surface area contributed by atoms with Gasteiger partial charge in [-0.25, -0.2) is 4.98 Å². The molecule has 2 atom stereocenters. The summed E-state index contributed by atoms with van der Waals surface area (Å²) in [6.07, 6.45) is 0.458. The Balaban J connectivity index is 2.13. The zero-order chi connectivity index (χ0) is 10.1. The Kier molecular flexibility index (Phi) is 2.89. The van der Waals surface area contributed by atoms with Gasteiger partial charge in [-0.1, -0.05) is 0 Å². The van der Waals surface area contributed by atoms with Gasteiger partial charge in [-0.3, -0.25) is 0 Å². The van der Waals surface area contributed by atoms with E-state index in [0.29, 0.717) is 13.1 Å². The van der Waals surface area contributed by atoms with Gasteiger partial charge >= 0.3 is 0 Å². The van der Waals surface area contributed by atoms with Crippen LogP contribution in [-0.2, 0) is 0 Å². The molecule has 1 aliphatic heterocycles. The second-order valence-corrected chi connectivity index (χ2v) is 4.62. The van der Waals surface area contributed by atoms with E-state index >= 15 is 0 Å². The van der Waals surface area contributed by atoms with E-state index in [0.717, 1.165) is 9.39 Å². The van der Waals surface area contributed by atoms with Crippen LogP contribution in [-0.4, -0.2) is 40.5 Å². The highest BCUT2D eigenvalue weighted by molar-refractivity contribution is 14.1. The van der Waals surface area contributed by atoms with Crippen LogP contribution in [0, 0.1) is 3.57 Å². The highest BCUT2D eigenvalue weighted by Gasteiger charge is 2.29. The predicted octanol–water partition coefficient (Wildman–Crippen LogP) is 0.228. The van der Waals surface area contributed by atoms with E-state index < -0.39 is 12.2 Å². The molecule has 5 heteroatoms. The summed E-state index contributed by atoms with van der Waals surface area (Å²) in [5.74, 6) is 0.806. The molecule has 1 saturated heterocycles. The van der Waals surface area contributed by atoms with E-state index in [-0.39, 0.29) is 0 Å². The van der Waals surface area contributed by atoms with E-state index in [1.165, 1.54) is 0 Å². The second kappa shape index (κ2) is 4.00. The molecule has 0 amide bonds. The minimum atomic E-state index is -0.656. The Labute approximate surface area is 95.7 Å². The van der Waals surface area contributed by atoms with Crippen LogP contribution < -0.4 is 4.90 Å². The first-order valence-corrected chi connectivity index (χ1v) is 5.47. The number of β-amino-alcohol motifs (C(OH)–C–C–N with tert-alkyl or cyclic N) is 2. The molecule has 4 nitrogen and oxygen atoms in total.